The molecule has 4 heteroatoms. The molecule has 0 aromatic heterocycles. The van der Waals surface area contributed by atoms with Gasteiger partial charge in [-0.2, -0.15) is 0 Å². The molecule has 0 fully saturated rings. The first-order valence-corrected chi connectivity index (χ1v) is 6.27. The van der Waals surface area contributed by atoms with E-state index in [1.165, 1.54) is 5.56 Å². The third-order valence-electron chi connectivity index (χ3n) is 2.93. The zero-order chi connectivity index (χ0) is 12.7. The van der Waals surface area contributed by atoms with Crippen molar-refractivity contribution >= 4 is 11.6 Å². The van der Waals surface area contributed by atoms with Gasteiger partial charge in [-0.3, -0.25) is 11.3 Å². The maximum atomic E-state index is 5.95. The van der Waals surface area contributed by atoms with Crippen LogP contribution in [0.15, 0.2) is 24.3 Å². The average molecular weight is 257 g/mol. The fourth-order valence-electron chi connectivity index (χ4n) is 1.75. The molecular formula is C13H21ClN2O. The van der Waals surface area contributed by atoms with Crippen LogP contribution in [-0.2, 0) is 11.2 Å². The van der Waals surface area contributed by atoms with Gasteiger partial charge in [0.25, 0.3) is 0 Å². The first kappa shape index (κ1) is 14.5. The van der Waals surface area contributed by atoms with E-state index in [2.05, 4.69) is 18.4 Å². The van der Waals surface area contributed by atoms with E-state index in [1.54, 1.807) is 7.11 Å². The smallest absolute Gasteiger partial charge is 0.0543 e. The Morgan fingerprint density at radius 3 is 2.76 bits per heavy atom. The number of ether oxygens (including phenoxy) is 1. The third-order valence-corrected chi connectivity index (χ3v) is 3.17. The summed E-state index contributed by atoms with van der Waals surface area (Å²) in [5, 5.41) is 0.767. The van der Waals surface area contributed by atoms with Gasteiger partial charge < -0.3 is 4.74 Å². The number of benzene rings is 1. The molecule has 1 aromatic rings. The zero-order valence-electron chi connectivity index (χ0n) is 10.4. The molecule has 0 amide bonds. The number of nitrogens with two attached hydrogens (primary N) is 1. The van der Waals surface area contributed by atoms with Gasteiger partial charge in [0.2, 0.25) is 0 Å². The molecule has 0 saturated heterocycles. The summed E-state index contributed by atoms with van der Waals surface area (Å²) in [6.45, 7) is 2.06. The Bertz CT molecular complexity index is 333. The Balaban J connectivity index is 2.46. The van der Waals surface area contributed by atoms with E-state index >= 15 is 0 Å². The second-order valence-electron chi connectivity index (χ2n) is 4.32. The lowest BCUT2D eigenvalue weighted by Crippen LogP contribution is -2.37. The highest BCUT2D eigenvalue weighted by Gasteiger charge is 2.10. The summed E-state index contributed by atoms with van der Waals surface area (Å²) in [5.41, 5.74) is 4.05. The summed E-state index contributed by atoms with van der Waals surface area (Å²) < 4.78 is 5.22. The topological polar surface area (TPSA) is 47.3 Å². The summed E-state index contributed by atoms with van der Waals surface area (Å²) in [5.74, 6) is 5.56. The predicted octanol–water partition coefficient (Wildman–Crippen LogP) is 2.53. The molecule has 0 aliphatic carbocycles. The van der Waals surface area contributed by atoms with Crippen LogP contribution in [0, 0.1) is 0 Å². The van der Waals surface area contributed by atoms with Crippen molar-refractivity contribution in [1.82, 2.24) is 5.43 Å². The number of hydrogen-bond donors (Lipinski definition) is 2. The highest BCUT2D eigenvalue weighted by Crippen LogP contribution is 2.14. The molecule has 0 radical (unpaired) electrons. The van der Waals surface area contributed by atoms with Crippen molar-refractivity contribution in [2.45, 2.75) is 38.3 Å². The third kappa shape index (κ3) is 5.50. The van der Waals surface area contributed by atoms with Crippen LogP contribution in [0.3, 0.4) is 0 Å². The molecule has 0 saturated carbocycles. The minimum Gasteiger partial charge on any atom is -0.382 e. The van der Waals surface area contributed by atoms with Crippen LogP contribution in [-0.4, -0.2) is 19.3 Å². The molecule has 0 bridgehead atoms. The minimum absolute atomic E-state index is 0.256. The minimum atomic E-state index is 0.256. The number of nitrogens with one attached hydrogen (secondary N) is 1. The van der Waals surface area contributed by atoms with E-state index in [-0.39, 0.29) is 12.1 Å². The van der Waals surface area contributed by atoms with E-state index in [4.69, 9.17) is 22.2 Å². The number of hydrogen-bond acceptors (Lipinski definition) is 3. The predicted molar refractivity (Wildman–Crippen MR) is 72.0 cm³/mol. The van der Waals surface area contributed by atoms with E-state index in [9.17, 15) is 0 Å². The molecule has 2 unspecified atom stereocenters. The normalized spacial score (nSPS) is 14.6. The van der Waals surface area contributed by atoms with Crippen LogP contribution in [0.1, 0.15) is 25.3 Å². The standard InChI is InChI=1S/C13H21ClN2O/c1-10(17-2)6-7-13(16-15)9-11-4-3-5-12(14)8-11/h3-5,8,10,13,16H,6-7,9,15H2,1-2H3. The first-order valence-electron chi connectivity index (χ1n) is 5.89. The van der Waals surface area contributed by atoms with Crippen LogP contribution in [0.25, 0.3) is 0 Å². The summed E-state index contributed by atoms with van der Waals surface area (Å²) in [4.78, 5) is 0. The lowest BCUT2D eigenvalue weighted by molar-refractivity contribution is 0.106. The molecule has 1 rings (SSSR count). The molecule has 2 atom stereocenters. The SMILES string of the molecule is COC(C)CCC(Cc1cccc(Cl)c1)NN. The summed E-state index contributed by atoms with van der Waals surface area (Å²) >= 11 is 5.95. The Morgan fingerprint density at radius 2 is 2.18 bits per heavy atom. The second-order valence-corrected chi connectivity index (χ2v) is 4.76. The van der Waals surface area contributed by atoms with Gasteiger partial charge in [0.05, 0.1) is 6.10 Å². The van der Waals surface area contributed by atoms with E-state index < -0.39 is 0 Å². The Kier molecular flexibility index (Phi) is 6.52. The lowest BCUT2D eigenvalue weighted by atomic mass is 10.0. The van der Waals surface area contributed by atoms with E-state index in [1.807, 2.05) is 18.2 Å². The Morgan fingerprint density at radius 1 is 1.41 bits per heavy atom. The number of methoxy groups -OCH3 is 1. The van der Waals surface area contributed by atoms with Crippen molar-refractivity contribution in [3.8, 4) is 0 Å². The maximum absolute atomic E-state index is 5.95. The van der Waals surface area contributed by atoms with Gasteiger partial charge in [0.15, 0.2) is 0 Å². The number of halogens is 1. The number of hydrazine groups is 1. The summed E-state index contributed by atoms with van der Waals surface area (Å²) in [6.07, 6.45) is 3.13. The van der Waals surface area contributed by atoms with E-state index in [0.29, 0.717) is 0 Å². The lowest BCUT2D eigenvalue weighted by Gasteiger charge is -2.18. The maximum Gasteiger partial charge on any atom is 0.0543 e. The molecule has 3 N–H and O–H groups in total. The van der Waals surface area contributed by atoms with Crippen LogP contribution >= 0.6 is 11.6 Å². The Labute approximate surface area is 108 Å². The second kappa shape index (κ2) is 7.67. The van der Waals surface area contributed by atoms with Gasteiger partial charge in [0.1, 0.15) is 0 Å². The van der Waals surface area contributed by atoms with Crippen molar-refractivity contribution in [1.29, 1.82) is 0 Å². The van der Waals surface area contributed by atoms with Crippen molar-refractivity contribution in [3.05, 3.63) is 34.9 Å². The summed E-state index contributed by atoms with van der Waals surface area (Å²) in [7, 11) is 1.73. The molecule has 0 aliphatic heterocycles. The van der Waals surface area contributed by atoms with Gasteiger partial charge in [-0.15, -0.1) is 0 Å². The van der Waals surface area contributed by atoms with Crippen molar-refractivity contribution in [3.63, 3.8) is 0 Å². The largest absolute Gasteiger partial charge is 0.382 e. The van der Waals surface area contributed by atoms with Gasteiger partial charge >= 0.3 is 0 Å². The number of rotatable bonds is 7. The molecular weight excluding hydrogens is 236 g/mol. The fourth-order valence-corrected chi connectivity index (χ4v) is 1.96. The fraction of sp³-hybridized carbons (Fsp3) is 0.538. The van der Waals surface area contributed by atoms with Crippen LogP contribution in [0.5, 0.6) is 0 Å². The van der Waals surface area contributed by atoms with Crippen molar-refractivity contribution in [2.24, 2.45) is 5.84 Å². The Hall–Kier alpha value is -0.610. The quantitative estimate of drug-likeness (QED) is 0.582. The molecule has 0 spiro atoms. The van der Waals surface area contributed by atoms with Crippen LogP contribution < -0.4 is 11.3 Å². The molecule has 1 aromatic carbocycles. The van der Waals surface area contributed by atoms with Gasteiger partial charge in [0, 0.05) is 18.2 Å². The molecule has 96 valence electrons. The monoisotopic (exact) mass is 256 g/mol. The van der Waals surface area contributed by atoms with Gasteiger partial charge in [-0.1, -0.05) is 23.7 Å². The molecule has 17 heavy (non-hydrogen) atoms. The van der Waals surface area contributed by atoms with Crippen LogP contribution in [0.2, 0.25) is 5.02 Å². The summed E-state index contributed by atoms with van der Waals surface area (Å²) in [6, 6.07) is 8.14. The highest BCUT2D eigenvalue weighted by atomic mass is 35.5. The average Bonchev–Trinajstić information content (AvgIpc) is 2.34. The van der Waals surface area contributed by atoms with Gasteiger partial charge in [-0.25, -0.2) is 0 Å². The van der Waals surface area contributed by atoms with Crippen LogP contribution in [0.4, 0.5) is 0 Å². The van der Waals surface area contributed by atoms with Crippen molar-refractivity contribution in [2.75, 3.05) is 7.11 Å². The van der Waals surface area contributed by atoms with E-state index in [0.717, 1.165) is 24.3 Å². The molecule has 0 aliphatic rings. The first-order chi connectivity index (χ1) is 8.15. The molecule has 3 nitrogen and oxygen atoms in total. The molecule has 0 heterocycles. The highest BCUT2D eigenvalue weighted by molar-refractivity contribution is 6.30. The van der Waals surface area contributed by atoms with Crippen molar-refractivity contribution < 1.29 is 4.74 Å². The van der Waals surface area contributed by atoms with Gasteiger partial charge in [-0.05, 0) is 43.9 Å². The zero-order valence-corrected chi connectivity index (χ0v) is 11.2.